The first-order chi connectivity index (χ1) is 11.1. The van der Waals surface area contributed by atoms with Gasteiger partial charge >= 0.3 is 6.03 Å². The summed E-state index contributed by atoms with van der Waals surface area (Å²) in [6.45, 7) is 7.38. The average Bonchev–Trinajstić information content (AvgIpc) is 3.24. The van der Waals surface area contributed by atoms with E-state index in [1.807, 2.05) is 4.90 Å². The number of piperazine rings is 1. The standard InChI is InChI=1S/C16H24N4O2S/c1-10-11(2)23-16(17-10)20-7-5-19(6-8-20)15(21)18-13-9-12-3-4-14(13)22-12/h12-14H,3-9H2,1-2H3,(H,18,21)/t12-,13-,14-/m1/s1. The van der Waals surface area contributed by atoms with E-state index >= 15 is 0 Å². The lowest BCUT2D eigenvalue weighted by Crippen LogP contribution is -2.54. The predicted octanol–water partition coefficient (Wildman–Crippen LogP) is 1.91. The summed E-state index contributed by atoms with van der Waals surface area (Å²) in [5, 5.41) is 4.26. The quantitative estimate of drug-likeness (QED) is 0.896. The van der Waals surface area contributed by atoms with Crippen LogP contribution in [0.4, 0.5) is 9.93 Å². The highest BCUT2D eigenvalue weighted by Gasteiger charge is 2.42. The number of amides is 2. The maximum absolute atomic E-state index is 12.5. The van der Waals surface area contributed by atoms with E-state index < -0.39 is 0 Å². The lowest BCUT2D eigenvalue weighted by atomic mass is 9.96. The summed E-state index contributed by atoms with van der Waals surface area (Å²) >= 11 is 1.74. The molecule has 126 valence electrons. The zero-order valence-corrected chi connectivity index (χ0v) is 14.6. The smallest absolute Gasteiger partial charge is 0.317 e. The fourth-order valence-corrected chi connectivity index (χ4v) is 4.69. The monoisotopic (exact) mass is 336 g/mol. The Kier molecular flexibility index (Phi) is 3.93. The van der Waals surface area contributed by atoms with Gasteiger partial charge in [-0.05, 0) is 33.1 Å². The van der Waals surface area contributed by atoms with E-state index in [1.165, 1.54) is 4.88 Å². The highest BCUT2D eigenvalue weighted by molar-refractivity contribution is 7.15. The molecule has 3 saturated heterocycles. The van der Waals surface area contributed by atoms with Gasteiger partial charge in [0.25, 0.3) is 0 Å². The molecule has 3 aliphatic rings. The molecule has 7 heteroatoms. The summed E-state index contributed by atoms with van der Waals surface area (Å²) < 4.78 is 5.81. The number of aromatic nitrogens is 1. The first kappa shape index (κ1) is 15.2. The fraction of sp³-hybridized carbons (Fsp3) is 0.750. The van der Waals surface area contributed by atoms with Crippen molar-refractivity contribution in [3.8, 4) is 0 Å². The average molecular weight is 336 g/mol. The molecular weight excluding hydrogens is 312 g/mol. The Morgan fingerprint density at radius 1 is 1.26 bits per heavy atom. The minimum atomic E-state index is 0.0669. The molecule has 0 radical (unpaired) electrons. The molecule has 4 heterocycles. The Morgan fingerprint density at radius 2 is 2.04 bits per heavy atom. The Labute approximate surface area is 140 Å². The third kappa shape index (κ3) is 2.92. The molecule has 3 aliphatic heterocycles. The number of nitrogens with zero attached hydrogens (tertiary/aromatic N) is 3. The van der Waals surface area contributed by atoms with Gasteiger partial charge in [0.05, 0.1) is 23.9 Å². The third-order valence-electron chi connectivity index (χ3n) is 5.27. The number of thiazole rings is 1. The molecule has 2 bridgehead atoms. The van der Waals surface area contributed by atoms with Crippen molar-refractivity contribution in [3.63, 3.8) is 0 Å². The first-order valence-corrected chi connectivity index (χ1v) is 9.31. The van der Waals surface area contributed by atoms with Crippen LogP contribution in [0.1, 0.15) is 29.8 Å². The van der Waals surface area contributed by atoms with Crippen molar-refractivity contribution in [2.24, 2.45) is 0 Å². The normalized spacial score (nSPS) is 30.1. The van der Waals surface area contributed by atoms with Gasteiger partial charge in [0.2, 0.25) is 0 Å². The highest BCUT2D eigenvalue weighted by Crippen LogP contribution is 2.34. The molecule has 23 heavy (non-hydrogen) atoms. The second-order valence-electron chi connectivity index (χ2n) is 6.78. The Bertz CT molecular complexity index is 577. The number of ether oxygens (including phenoxy) is 1. The van der Waals surface area contributed by atoms with Crippen molar-refractivity contribution in [2.45, 2.75) is 51.4 Å². The van der Waals surface area contributed by atoms with Crippen molar-refractivity contribution in [2.75, 3.05) is 31.1 Å². The van der Waals surface area contributed by atoms with Crippen molar-refractivity contribution >= 4 is 22.5 Å². The van der Waals surface area contributed by atoms with E-state index in [1.54, 1.807) is 11.3 Å². The van der Waals surface area contributed by atoms with Gasteiger partial charge in [0.15, 0.2) is 5.13 Å². The summed E-state index contributed by atoms with van der Waals surface area (Å²) in [5.74, 6) is 0. The SMILES string of the molecule is Cc1nc(N2CCN(C(=O)N[C@@H]3C[C@H]4CC[C@H]3O4)CC2)sc1C. The molecule has 0 saturated carbocycles. The van der Waals surface area contributed by atoms with Crippen LogP contribution in [0.2, 0.25) is 0 Å². The molecule has 0 aromatic carbocycles. The maximum Gasteiger partial charge on any atom is 0.317 e. The molecule has 1 aromatic rings. The summed E-state index contributed by atoms with van der Waals surface area (Å²) in [5.41, 5.74) is 1.11. The van der Waals surface area contributed by atoms with Crippen LogP contribution in [0.5, 0.6) is 0 Å². The zero-order chi connectivity index (χ0) is 16.0. The number of anilines is 1. The van der Waals surface area contributed by atoms with Crippen LogP contribution in [0.3, 0.4) is 0 Å². The van der Waals surface area contributed by atoms with Crippen LogP contribution in [-0.4, -0.2) is 60.3 Å². The van der Waals surface area contributed by atoms with Gasteiger partial charge in [-0.1, -0.05) is 0 Å². The lowest BCUT2D eigenvalue weighted by molar-refractivity contribution is 0.0969. The van der Waals surface area contributed by atoms with E-state index in [9.17, 15) is 4.79 Å². The van der Waals surface area contributed by atoms with Crippen LogP contribution >= 0.6 is 11.3 Å². The van der Waals surface area contributed by atoms with Crippen LogP contribution < -0.4 is 10.2 Å². The molecule has 2 amide bonds. The number of urea groups is 1. The molecule has 3 atom stereocenters. The third-order valence-corrected chi connectivity index (χ3v) is 6.40. The fourth-order valence-electron chi connectivity index (χ4n) is 3.73. The number of aryl methyl sites for hydroxylation is 2. The Balaban J connectivity index is 1.30. The van der Waals surface area contributed by atoms with E-state index in [4.69, 9.17) is 4.74 Å². The minimum absolute atomic E-state index is 0.0669. The molecule has 0 unspecified atom stereocenters. The number of hydrogen-bond acceptors (Lipinski definition) is 5. The molecular formula is C16H24N4O2S. The molecule has 6 nitrogen and oxygen atoms in total. The van der Waals surface area contributed by atoms with Gasteiger partial charge in [-0.2, -0.15) is 0 Å². The van der Waals surface area contributed by atoms with Gasteiger partial charge < -0.3 is 19.9 Å². The highest BCUT2D eigenvalue weighted by atomic mass is 32.1. The van der Waals surface area contributed by atoms with E-state index in [0.29, 0.717) is 6.10 Å². The van der Waals surface area contributed by atoms with Gasteiger partial charge in [0, 0.05) is 31.1 Å². The van der Waals surface area contributed by atoms with Crippen LogP contribution in [0.25, 0.3) is 0 Å². The van der Waals surface area contributed by atoms with Crippen molar-refractivity contribution in [3.05, 3.63) is 10.6 Å². The number of hydrogen-bond donors (Lipinski definition) is 1. The topological polar surface area (TPSA) is 57.7 Å². The van der Waals surface area contributed by atoms with Gasteiger partial charge in [-0.15, -0.1) is 11.3 Å². The van der Waals surface area contributed by atoms with Crippen molar-refractivity contribution in [1.82, 2.24) is 15.2 Å². The number of rotatable bonds is 2. The van der Waals surface area contributed by atoms with Gasteiger partial charge in [-0.25, -0.2) is 9.78 Å². The first-order valence-electron chi connectivity index (χ1n) is 8.50. The molecule has 1 N–H and O–H groups in total. The summed E-state index contributed by atoms with van der Waals surface area (Å²) in [4.78, 5) is 22.6. The second-order valence-corrected chi connectivity index (χ2v) is 7.96. The van der Waals surface area contributed by atoms with Gasteiger partial charge in [-0.3, -0.25) is 0 Å². The summed E-state index contributed by atoms with van der Waals surface area (Å²) in [6, 6.07) is 0.279. The molecule has 1 aromatic heterocycles. The predicted molar refractivity (Wildman–Crippen MR) is 90.2 cm³/mol. The van der Waals surface area contributed by atoms with E-state index in [0.717, 1.165) is 56.3 Å². The van der Waals surface area contributed by atoms with Crippen LogP contribution in [0.15, 0.2) is 0 Å². The number of nitrogens with one attached hydrogen (secondary N) is 1. The van der Waals surface area contributed by atoms with Crippen molar-refractivity contribution < 1.29 is 9.53 Å². The lowest BCUT2D eigenvalue weighted by Gasteiger charge is -2.35. The van der Waals surface area contributed by atoms with Gasteiger partial charge in [0.1, 0.15) is 0 Å². The largest absolute Gasteiger partial charge is 0.373 e. The minimum Gasteiger partial charge on any atom is -0.373 e. The van der Waals surface area contributed by atoms with Crippen LogP contribution in [0, 0.1) is 13.8 Å². The van der Waals surface area contributed by atoms with E-state index in [-0.39, 0.29) is 18.2 Å². The Morgan fingerprint density at radius 3 is 2.61 bits per heavy atom. The Hall–Kier alpha value is -1.34. The molecule has 0 spiro atoms. The molecule has 4 rings (SSSR count). The second kappa shape index (κ2) is 5.94. The number of fused-ring (bicyclic) bond motifs is 2. The summed E-state index contributed by atoms with van der Waals surface area (Å²) in [7, 11) is 0. The maximum atomic E-state index is 12.5. The molecule has 0 aliphatic carbocycles. The summed E-state index contributed by atoms with van der Waals surface area (Å²) in [6.07, 6.45) is 3.84. The van der Waals surface area contributed by atoms with Crippen LogP contribution in [-0.2, 0) is 4.74 Å². The van der Waals surface area contributed by atoms with E-state index in [2.05, 4.69) is 29.0 Å². The number of carbonyl (C=O) groups excluding carboxylic acids is 1. The van der Waals surface area contributed by atoms with Crippen molar-refractivity contribution in [1.29, 1.82) is 0 Å². The molecule has 3 fully saturated rings. The number of carbonyl (C=O) groups is 1. The zero-order valence-electron chi connectivity index (χ0n) is 13.7.